The molecule has 2 aliphatic rings. The Balaban J connectivity index is 1.65. The van der Waals surface area contributed by atoms with Crippen molar-refractivity contribution in [2.24, 2.45) is 5.92 Å². The zero-order chi connectivity index (χ0) is 11.0. The summed E-state index contributed by atoms with van der Waals surface area (Å²) in [5.41, 5.74) is 1.17. The van der Waals surface area contributed by atoms with Crippen LogP contribution in [-0.2, 0) is 9.63 Å². The largest absolute Gasteiger partial charge is 0.272 e. The molecule has 1 aliphatic heterocycles. The number of rotatable bonds is 2. The van der Waals surface area contributed by atoms with Crippen LogP contribution in [0, 0.1) is 5.92 Å². The van der Waals surface area contributed by atoms with Gasteiger partial charge in [-0.15, -0.1) is 0 Å². The predicted molar refractivity (Wildman–Crippen MR) is 57.4 cm³/mol. The molecule has 0 bridgehead atoms. The number of nitrogens with zero attached hydrogens (tertiary/aromatic N) is 2. The predicted octanol–water partition coefficient (Wildman–Crippen LogP) is 1.35. The Morgan fingerprint density at radius 3 is 3.19 bits per heavy atom. The molecule has 2 heterocycles. The van der Waals surface area contributed by atoms with Crippen LogP contribution in [-0.4, -0.2) is 29.1 Å². The number of carbonyl (C=O) groups excluding carboxylic acids is 1. The standard InChI is InChI=1S/C12H14N2O2/c15-12(14-5-2-6-16-14)11-7-10(11)9-3-1-4-13-8-9/h1,3-4,8,10-11H,2,5-7H2/t10-,11+/m0/s1. The number of pyridine rings is 1. The third-order valence-electron chi connectivity index (χ3n) is 3.22. The van der Waals surface area contributed by atoms with Crippen LogP contribution in [0.15, 0.2) is 24.5 Å². The summed E-state index contributed by atoms with van der Waals surface area (Å²) in [5.74, 6) is 0.610. The van der Waals surface area contributed by atoms with Gasteiger partial charge in [0.05, 0.1) is 13.2 Å². The molecule has 2 fully saturated rings. The van der Waals surface area contributed by atoms with Gasteiger partial charge in [0.15, 0.2) is 0 Å². The number of carbonyl (C=O) groups is 1. The molecule has 0 N–H and O–H groups in total. The van der Waals surface area contributed by atoms with Gasteiger partial charge in [0.25, 0.3) is 0 Å². The van der Waals surface area contributed by atoms with Crippen LogP contribution in [0.3, 0.4) is 0 Å². The van der Waals surface area contributed by atoms with E-state index in [1.807, 2.05) is 18.3 Å². The number of amides is 1. The van der Waals surface area contributed by atoms with Crippen molar-refractivity contribution >= 4 is 5.91 Å². The Kier molecular flexibility index (Phi) is 2.36. The van der Waals surface area contributed by atoms with Gasteiger partial charge in [-0.1, -0.05) is 6.07 Å². The second-order valence-electron chi connectivity index (χ2n) is 4.36. The number of hydrogen-bond acceptors (Lipinski definition) is 3. The lowest BCUT2D eigenvalue weighted by Crippen LogP contribution is -2.28. The Morgan fingerprint density at radius 2 is 2.50 bits per heavy atom. The first-order chi connectivity index (χ1) is 7.86. The molecule has 1 aromatic rings. The van der Waals surface area contributed by atoms with Crippen molar-refractivity contribution < 1.29 is 9.63 Å². The van der Waals surface area contributed by atoms with Crippen molar-refractivity contribution in [2.45, 2.75) is 18.8 Å². The van der Waals surface area contributed by atoms with E-state index in [2.05, 4.69) is 4.98 Å². The molecule has 1 aromatic heterocycles. The van der Waals surface area contributed by atoms with Crippen molar-refractivity contribution in [2.75, 3.05) is 13.2 Å². The third kappa shape index (κ3) is 1.69. The minimum Gasteiger partial charge on any atom is -0.272 e. The van der Waals surface area contributed by atoms with Crippen molar-refractivity contribution in [3.63, 3.8) is 0 Å². The summed E-state index contributed by atoms with van der Waals surface area (Å²) in [5, 5.41) is 1.53. The van der Waals surface area contributed by atoms with Crippen LogP contribution in [0.1, 0.15) is 24.3 Å². The minimum atomic E-state index is 0.113. The monoisotopic (exact) mass is 218 g/mol. The first-order valence-corrected chi connectivity index (χ1v) is 5.70. The van der Waals surface area contributed by atoms with E-state index < -0.39 is 0 Å². The SMILES string of the molecule is O=C([C@@H]1C[C@H]1c1cccnc1)N1CCCO1. The molecule has 0 aromatic carbocycles. The lowest BCUT2D eigenvalue weighted by atomic mass is 10.1. The van der Waals surface area contributed by atoms with Gasteiger partial charge in [0, 0.05) is 18.3 Å². The summed E-state index contributed by atoms with van der Waals surface area (Å²) in [4.78, 5) is 21.3. The van der Waals surface area contributed by atoms with E-state index in [1.54, 1.807) is 6.20 Å². The molecule has 0 radical (unpaired) electrons. The summed E-state index contributed by atoms with van der Waals surface area (Å²) in [6, 6.07) is 3.96. The number of hydrogen-bond donors (Lipinski definition) is 0. The molecular weight excluding hydrogens is 204 g/mol. The van der Waals surface area contributed by atoms with Gasteiger partial charge in [0.2, 0.25) is 5.91 Å². The van der Waals surface area contributed by atoms with Crippen molar-refractivity contribution in [3.8, 4) is 0 Å². The lowest BCUT2D eigenvalue weighted by molar-refractivity contribution is -0.170. The molecule has 1 saturated heterocycles. The van der Waals surface area contributed by atoms with E-state index in [0.29, 0.717) is 12.5 Å². The average molecular weight is 218 g/mol. The van der Waals surface area contributed by atoms with Crippen LogP contribution < -0.4 is 0 Å². The van der Waals surface area contributed by atoms with Gasteiger partial charge in [-0.05, 0) is 30.4 Å². The second-order valence-corrected chi connectivity index (χ2v) is 4.36. The van der Waals surface area contributed by atoms with E-state index >= 15 is 0 Å². The Hall–Kier alpha value is -1.42. The molecule has 1 saturated carbocycles. The van der Waals surface area contributed by atoms with Crippen molar-refractivity contribution in [1.29, 1.82) is 0 Å². The van der Waals surface area contributed by atoms with Gasteiger partial charge in [0.1, 0.15) is 0 Å². The highest BCUT2D eigenvalue weighted by Gasteiger charge is 2.46. The molecule has 1 amide bonds. The fourth-order valence-electron chi connectivity index (χ4n) is 2.24. The molecular formula is C12H14N2O2. The van der Waals surface area contributed by atoms with Crippen LogP contribution in [0.5, 0.6) is 0 Å². The summed E-state index contributed by atoms with van der Waals surface area (Å²) in [6.07, 6.45) is 5.50. The highest BCUT2D eigenvalue weighted by atomic mass is 16.7. The van der Waals surface area contributed by atoms with E-state index in [4.69, 9.17) is 4.84 Å². The fourth-order valence-corrected chi connectivity index (χ4v) is 2.24. The molecule has 4 heteroatoms. The Bertz CT molecular complexity index is 387. The van der Waals surface area contributed by atoms with Gasteiger partial charge >= 0.3 is 0 Å². The van der Waals surface area contributed by atoms with Gasteiger partial charge in [-0.3, -0.25) is 14.6 Å². The summed E-state index contributed by atoms with van der Waals surface area (Å²) < 4.78 is 0. The lowest BCUT2D eigenvalue weighted by Gasteiger charge is -2.13. The maximum atomic E-state index is 12.0. The molecule has 4 nitrogen and oxygen atoms in total. The molecule has 1 aliphatic carbocycles. The maximum absolute atomic E-state index is 12.0. The van der Waals surface area contributed by atoms with E-state index in [0.717, 1.165) is 19.4 Å². The summed E-state index contributed by atoms with van der Waals surface area (Å²) in [7, 11) is 0. The molecule has 84 valence electrons. The van der Waals surface area contributed by atoms with Crippen LogP contribution in [0.25, 0.3) is 0 Å². The smallest absolute Gasteiger partial charge is 0.249 e. The second kappa shape index (κ2) is 3.87. The molecule has 0 spiro atoms. The molecule has 3 rings (SSSR count). The topological polar surface area (TPSA) is 42.4 Å². The highest BCUT2D eigenvalue weighted by molar-refractivity contribution is 5.82. The van der Waals surface area contributed by atoms with Crippen molar-refractivity contribution in [1.82, 2.24) is 10.0 Å². The highest BCUT2D eigenvalue weighted by Crippen LogP contribution is 2.48. The normalized spacial score (nSPS) is 28.1. The van der Waals surface area contributed by atoms with E-state index in [9.17, 15) is 4.79 Å². The number of aromatic nitrogens is 1. The van der Waals surface area contributed by atoms with Gasteiger partial charge in [-0.2, -0.15) is 0 Å². The van der Waals surface area contributed by atoms with E-state index in [1.165, 1.54) is 10.6 Å². The van der Waals surface area contributed by atoms with Crippen LogP contribution in [0.2, 0.25) is 0 Å². The molecule has 16 heavy (non-hydrogen) atoms. The first kappa shape index (κ1) is 9.78. The third-order valence-corrected chi connectivity index (χ3v) is 3.22. The average Bonchev–Trinajstić information content (AvgIpc) is 2.95. The molecule has 2 atom stereocenters. The molecule has 0 unspecified atom stereocenters. The zero-order valence-electron chi connectivity index (χ0n) is 9.00. The summed E-state index contributed by atoms with van der Waals surface area (Å²) in [6.45, 7) is 1.42. The number of hydroxylamine groups is 2. The van der Waals surface area contributed by atoms with Gasteiger partial charge in [-0.25, -0.2) is 5.06 Å². The first-order valence-electron chi connectivity index (χ1n) is 5.70. The fraction of sp³-hybridized carbons (Fsp3) is 0.500. The van der Waals surface area contributed by atoms with Crippen molar-refractivity contribution in [3.05, 3.63) is 30.1 Å². The Morgan fingerprint density at radius 1 is 1.56 bits per heavy atom. The minimum absolute atomic E-state index is 0.113. The maximum Gasteiger partial charge on any atom is 0.249 e. The summed E-state index contributed by atoms with van der Waals surface area (Å²) >= 11 is 0. The van der Waals surface area contributed by atoms with Crippen LogP contribution in [0.4, 0.5) is 0 Å². The quantitative estimate of drug-likeness (QED) is 0.752. The van der Waals surface area contributed by atoms with Crippen LogP contribution >= 0.6 is 0 Å². The zero-order valence-corrected chi connectivity index (χ0v) is 9.00. The van der Waals surface area contributed by atoms with Gasteiger partial charge < -0.3 is 0 Å². The Labute approximate surface area is 94.2 Å². The van der Waals surface area contributed by atoms with E-state index in [-0.39, 0.29) is 11.8 Å².